The molecule has 0 atom stereocenters. The molecule has 0 aliphatic heterocycles. The van der Waals surface area contributed by atoms with Gasteiger partial charge in [0.1, 0.15) is 11.3 Å². The van der Waals surface area contributed by atoms with Gasteiger partial charge in [0.05, 0.1) is 15.6 Å². The van der Waals surface area contributed by atoms with Gasteiger partial charge in [0, 0.05) is 23.1 Å². The van der Waals surface area contributed by atoms with Crippen molar-refractivity contribution in [1.82, 2.24) is 5.43 Å². The Kier molecular flexibility index (Phi) is 4.73. The number of furan rings is 1. The molecule has 0 unspecified atom stereocenters. The third-order valence-electron chi connectivity index (χ3n) is 4.31. The van der Waals surface area contributed by atoms with Gasteiger partial charge in [-0.15, -0.1) is 0 Å². The van der Waals surface area contributed by atoms with Crippen LogP contribution in [0.2, 0.25) is 0 Å². The highest BCUT2D eigenvalue weighted by Gasteiger charge is 2.15. The van der Waals surface area contributed by atoms with Crippen LogP contribution in [0.4, 0.5) is 5.69 Å². The van der Waals surface area contributed by atoms with Crippen LogP contribution < -0.4 is 5.43 Å². The van der Waals surface area contributed by atoms with Crippen molar-refractivity contribution < 1.29 is 19.2 Å². The second kappa shape index (κ2) is 7.36. The first-order chi connectivity index (χ1) is 13.9. The summed E-state index contributed by atoms with van der Waals surface area (Å²) in [5, 5.41) is 27.5. The summed E-state index contributed by atoms with van der Waals surface area (Å²) in [5.41, 5.74) is 2.70. The van der Waals surface area contributed by atoms with Gasteiger partial charge in [-0.05, 0) is 38.8 Å². The zero-order valence-electron chi connectivity index (χ0n) is 14.6. The molecule has 1 aromatic heterocycles. The van der Waals surface area contributed by atoms with Crippen LogP contribution in [0.25, 0.3) is 21.7 Å². The molecule has 2 N–H and O–H groups in total. The molecule has 4 aromatic rings. The first kappa shape index (κ1) is 18.6. The number of amides is 1. The van der Waals surface area contributed by atoms with Crippen LogP contribution in [-0.2, 0) is 0 Å². The third kappa shape index (κ3) is 3.55. The number of aromatic hydroxyl groups is 1. The van der Waals surface area contributed by atoms with Gasteiger partial charge in [0.2, 0.25) is 0 Å². The molecule has 29 heavy (non-hydrogen) atoms. The van der Waals surface area contributed by atoms with E-state index >= 15 is 0 Å². The zero-order chi connectivity index (χ0) is 20.5. The minimum Gasteiger partial charge on any atom is -0.506 e. The Morgan fingerprint density at radius 1 is 1.17 bits per heavy atom. The van der Waals surface area contributed by atoms with E-state index in [1.807, 2.05) is 30.3 Å². The number of nitrogens with zero attached hydrogens (tertiary/aromatic N) is 2. The van der Waals surface area contributed by atoms with E-state index in [0.29, 0.717) is 5.58 Å². The van der Waals surface area contributed by atoms with Crippen molar-refractivity contribution in [3.05, 3.63) is 80.5 Å². The van der Waals surface area contributed by atoms with Gasteiger partial charge >= 0.3 is 5.91 Å². The Bertz CT molecular complexity index is 1310. The first-order valence-corrected chi connectivity index (χ1v) is 9.15. The zero-order valence-corrected chi connectivity index (χ0v) is 16.2. The molecule has 0 aliphatic rings. The maximum atomic E-state index is 12.4. The fourth-order valence-electron chi connectivity index (χ4n) is 2.93. The second-order valence-electron chi connectivity index (χ2n) is 6.13. The molecule has 0 spiro atoms. The Balaban J connectivity index is 1.59. The number of phenols is 1. The number of hydrazone groups is 1. The van der Waals surface area contributed by atoms with Crippen LogP contribution in [0.1, 0.15) is 16.1 Å². The number of hydrogen-bond donors (Lipinski definition) is 2. The Labute approximate surface area is 171 Å². The van der Waals surface area contributed by atoms with Gasteiger partial charge < -0.3 is 9.52 Å². The number of phenolic OH excluding ortho intramolecular Hbond substituents is 1. The van der Waals surface area contributed by atoms with Crippen molar-refractivity contribution >= 4 is 55.5 Å². The van der Waals surface area contributed by atoms with Crippen molar-refractivity contribution in [1.29, 1.82) is 0 Å². The number of carbonyl (C=O) groups is 1. The van der Waals surface area contributed by atoms with Gasteiger partial charge in [-0.1, -0.05) is 30.3 Å². The summed E-state index contributed by atoms with van der Waals surface area (Å²) < 4.78 is 5.74. The molecule has 144 valence electrons. The second-order valence-corrected chi connectivity index (χ2v) is 6.99. The lowest BCUT2D eigenvalue weighted by atomic mass is 10.1. The normalized spacial score (nSPS) is 11.3. The Morgan fingerprint density at radius 2 is 1.97 bits per heavy atom. The molecule has 4 rings (SSSR count). The largest absolute Gasteiger partial charge is 0.506 e. The summed E-state index contributed by atoms with van der Waals surface area (Å²) in [5.74, 6) is -0.757. The maximum absolute atomic E-state index is 12.4. The predicted octanol–water partition coefficient (Wildman–Crippen LogP) is 4.73. The molecule has 8 nitrogen and oxygen atoms in total. The molecular weight excluding hydrogens is 442 g/mol. The molecule has 9 heteroatoms. The highest BCUT2D eigenvalue weighted by Crippen LogP contribution is 2.31. The van der Waals surface area contributed by atoms with E-state index in [9.17, 15) is 20.0 Å². The molecule has 0 bridgehead atoms. The number of benzene rings is 3. The number of rotatable bonds is 4. The average molecular weight is 454 g/mol. The SMILES string of the molecule is O=C(N/N=C/c1cc([N+](=O)[O-])cc(Br)c1O)c1cc2c(ccc3ccccc32)o1. The Morgan fingerprint density at radius 3 is 2.76 bits per heavy atom. The number of fused-ring (bicyclic) bond motifs is 3. The first-order valence-electron chi connectivity index (χ1n) is 8.35. The highest BCUT2D eigenvalue weighted by molar-refractivity contribution is 9.10. The van der Waals surface area contributed by atoms with Gasteiger partial charge in [-0.3, -0.25) is 14.9 Å². The van der Waals surface area contributed by atoms with Gasteiger partial charge in [0.25, 0.3) is 5.69 Å². The number of carbonyl (C=O) groups excluding carboxylic acids is 1. The molecule has 0 aliphatic carbocycles. The van der Waals surface area contributed by atoms with Crippen LogP contribution >= 0.6 is 15.9 Å². The highest BCUT2D eigenvalue weighted by atomic mass is 79.9. The van der Waals surface area contributed by atoms with E-state index in [2.05, 4.69) is 26.5 Å². The van der Waals surface area contributed by atoms with E-state index in [1.54, 1.807) is 12.1 Å². The van der Waals surface area contributed by atoms with Crippen molar-refractivity contribution in [2.45, 2.75) is 0 Å². The summed E-state index contributed by atoms with van der Waals surface area (Å²) >= 11 is 3.04. The summed E-state index contributed by atoms with van der Waals surface area (Å²) in [6.07, 6.45) is 1.11. The number of hydrogen-bond acceptors (Lipinski definition) is 6. The van der Waals surface area contributed by atoms with Crippen LogP contribution in [0.3, 0.4) is 0 Å². The number of nitro groups is 1. The van der Waals surface area contributed by atoms with E-state index in [1.165, 1.54) is 6.07 Å². The van der Waals surface area contributed by atoms with Crippen molar-refractivity contribution in [3.8, 4) is 5.75 Å². The fraction of sp³-hybridized carbons (Fsp3) is 0. The molecule has 3 aromatic carbocycles. The predicted molar refractivity (Wildman–Crippen MR) is 111 cm³/mol. The average Bonchev–Trinajstić information content (AvgIpc) is 3.15. The van der Waals surface area contributed by atoms with Crippen LogP contribution in [-0.4, -0.2) is 22.2 Å². The van der Waals surface area contributed by atoms with Gasteiger partial charge in [-0.25, -0.2) is 5.43 Å². The third-order valence-corrected chi connectivity index (χ3v) is 4.91. The topological polar surface area (TPSA) is 118 Å². The molecular formula is C20H12BrN3O5. The van der Waals surface area contributed by atoms with Crippen LogP contribution in [0.15, 0.2) is 68.6 Å². The molecule has 1 heterocycles. The fourth-order valence-corrected chi connectivity index (χ4v) is 3.39. The number of nitrogens with one attached hydrogen (secondary N) is 1. The lowest BCUT2D eigenvalue weighted by Crippen LogP contribution is -2.16. The van der Waals surface area contributed by atoms with E-state index in [-0.39, 0.29) is 27.2 Å². The van der Waals surface area contributed by atoms with Crippen molar-refractivity contribution in [2.24, 2.45) is 5.10 Å². The number of nitro benzene ring substituents is 1. The van der Waals surface area contributed by atoms with Gasteiger partial charge in [-0.2, -0.15) is 5.10 Å². The number of non-ortho nitro benzene ring substituents is 1. The molecule has 1 amide bonds. The van der Waals surface area contributed by atoms with E-state index < -0.39 is 10.8 Å². The van der Waals surface area contributed by atoms with Gasteiger partial charge in [0.15, 0.2) is 5.76 Å². The lowest BCUT2D eigenvalue weighted by molar-refractivity contribution is -0.385. The minimum atomic E-state index is -0.598. The smallest absolute Gasteiger partial charge is 0.307 e. The summed E-state index contributed by atoms with van der Waals surface area (Å²) in [7, 11) is 0. The molecule has 0 saturated heterocycles. The molecule has 0 fully saturated rings. The van der Waals surface area contributed by atoms with Crippen LogP contribution in [0, 0.1) is 10.1 Å². The summed E-state index contributed by atoms with van der Waals surface area (Å²) in [6.45, 7) is 0. The number of halogens is 1. The summed E-state index contributed by atoms with van der Waals surface area (Å²) in [6, 6.07) is 15.4. The van der Waals surface area contributed by atoms with Crippen molar-refractivity contribution in [2.75, 3.05) is 0 Å². The van der Waals surface area contributed by atoms with Crippen molar-refractivity contribution in [3.63, 3.8) is 0 Å². The minimum absolute atomic E-state index is 0.0675. The molecule has 0 radical (unpaired) electrons. The maximum Gasteiger partial charge on any atom is 0.307 e. The van der Waals surface area contributed by atoms with Crippen LogP contribution in [0.5, 0.6) is 5.75 Å². The van der Waals surface area contributed by atoms with E-state index in [4.69, 9.17) is 4.42 Å². The standard InChI is InChI=1S/C20H12BrN3O5/c21-16-8-13(24(27)28)7-12(19(16)25)10-22-23-20(26)18-9-15-14-4-2-1-3-11(14)5-6-17(15)29-18/h1-10,25H,(H,23,26)/b22-10+. The molecule has 0 saturated carbocycles. The lowest BCUT2D eigenvalue weighted by Gasteiger charge is -2.02. The quantitative estimate of drug-likeness (QED) is 0.263. The Hall–Kier alpha value is -3.72. The van der Waals surface area contributed by atoms with E-state index in [0.717, 1.165) is 28.4 Å². The summed E-state index contributed by atoms with van der Waals surface area (Å²) in [4.78, 5) is 22.7. The monoisotopic (exact) mass is 453 g/mol.